The molecule has 0 fully saturated rings. The van der Waals surface area contributed by atoms with Crippen LogP contribution in [0.5, 0.6) is 0 Å². The monoisotopic (exact) mass is 151 g/mol. The van der Waals surface area contributed by atoms with Crippen LogP contribution in [-0.4, -0.2) is 16.5 Å². The van der Waals surface area contributed by atoms with E-state index in [0.29, 0.717) is 6.42 Å². The van der Waals surface area contributed by atoms with Crippen LogP contribution in [-0.2, 0) is 4.79 Å². The van der Waals surface area contributed by atoms with E-state index in [0.717, 1.165) is 0 Å². The molecule has 0 saturated carbocycles. The second-order valence-electron chi connectivity index (χ2n) is 3.03. The molecule has 1 aliphatic carbocycles. The molecule has 0 saturated heterocycles. The van der Waals surface area contributed by atoms with Crippen molar-refractivity contribution in [2.24, 2.45) is 0 Å². The number of Topliss-reactive ketones (excluding diaryl/α,β-unsaturated/α-hetero) is 1. The number of carbonyl (C=O) groups is 1. The Morgan fingerprint density at radius 2 is 2.45 bits per heavy atom. The van der Waals surface area contributed by atoms with Crippen LogP contribution in [0.4, 0.5) is 0 Å². The third kappa shape index (κ3) is 1.66. The summed E-state index contributed by atoms with van der Waals surface area (Å²) in [6, 6.07) is 1.79. The Labute approximate surface area is 64.9 Å². The van der Waals surface area contributed by atoms with E-state index in [9.17, 15) is 9.90 Å². The Balaban J connectivity index is 2.87. The van der Waals surface area contributed by atoms with E-state index < -0.39 is 5.60 Å². The van der Waals surface area contributed by atoms with Gasteiger partial charge in [0.05, 0.1) is 11.2 Å². The van der Waals surface area contributed by atoms with Crippen molar-refractivity contribution >= 4 is 5.78 Å². The summed E-state index contributed by atoms with van der Waals surface area (Å²) in [5.74, 6) is -0.260. The predicted molar refractivity (Wildman–Crippen MR) is 38.6 cm³/mol. The zero-order valence-electron chi connectivity index (χ0n) is 6.29. The number of ketones is 1. The van der Waals surface area contributed by atoms with Crippen LogP contribution in [0, 0.1) is 11.3 Å². The second-order valence-corrected chi connectivity index (χ2v) is 3.03. The molecule has 1 rings (SSSR count). The molecule has 1 N–H and O–H groups in total. The topological polar surface area (TPSA) is 61.1 Å². The molecule has 0 heterocycles. The number of hydrogen-bond acceptors (Lipinski definition) is 3. The molecule has 0 radical (unpaired) electrons. The van der Waals surface area contributed by atoms with Crippen LogP contribution in [0.25, 0.3) is 0 Å². The van der Waals surface area contributed by atoms with Gasteiger partial charge in [-0.1, -0.05) is 6.08 Å². The van der Waals surface area contributed by atoms with Crippen LogP contribution in [0.15, 0.2) is 11.6 Å². The average Bonchev–Trinajstić information content (AvgIpc) is 1.86. The smallest absolute Gasteiger partial charge is 0.175 e. The van der Waals surface area contributed by atoms with Gasteiger partial charge in [-0.15, -0.1) is 0 Å². The molecule has 1 atom stereocenters. The number of aliphatic hydroxyl groups is 1. The Morgan fingerprint density at radius 3 is 2.91 bits per heavy atom. The molecule has 0 aromatic heterocycles. The van der Waals surface area contributed by atoms with Crippen LogP contribution in [0.1, 0.15) is 19.8 Å². The Kier molecular flexibility index (Phi) is 1.79. The molecular weight excluding hydrogens is 142 g/mol. The van der Waals surface area contributed by atoms with Gasteiger partial charge < -0.3 is 5.11 Å². The molecule has 0 aromatic rings. The summed E-state index contributed by atoms with van der Waals surface area (Å²) in [6.45, 7) is 1.59. The van der Waals surface area contributed by atoms with E-state index in [1.807, 2.05) is 0 Å². The van der Waals surface area contributed by atoms with E-state index in [-0.39, 0.29) is 17.8 Å². The summed E-state index contributed by atoms with van der Waals surface area (Å²) < 4.78 is 0. The van der Waals surface area contributed by atoms with Gasteiger partial charge in [0.2, 0.25) is 0 Å². The maximum atomic E-state index is 11.0. The minimum absolute atomic E-state index is 0.0619. The first-order valence-electron chi connectivity index (χ1n) is 3.41. The summed E-state index contributed by atoms with van der Waals surface area (Å²) >= 11 is 0. The van der Waals surface area contributed by atoms with Crippen LogP contribution in [0.2, 0.25) is 0 Å². The lowest BCUT2D eigenvalue weighted by Crippen LogP contribution is -2.31. The summed E-state index contributed by atoms with van der Waals surface area (Å²) in [7, 11) is 0. The number of allylic oxidation sites excluding steroid dienone is 1. The first-order valence-corrected chi connectivity index (χ1v) is 3.41. The van der Waals surface area contributed by atoms with Gasteiger partial charge in [0.15, 0.2) is 5.78 Å². The Hall–Kier alpha value is -1.14. The zero-order valence-corrected chi connectivity index (χ0v) is 6.29. The fraction of sp³-hybridized carbons (Fsp3) is 0.500. The second kappa shape index (κ2) is 2.48. The third-order valence-corrected chi connectivity index (χ3v) is 1.71. The van der Waals surface area contributed by atoms with E-state index in [1.54, 1.807) is 13.0 Å². The van der Waals surface area contributed by atoms with Gasteiger partial charge in [-0.2, -0.15) is 5.26 Å². The molecule has 3 heteroatoms. The fourth-order valence-electron chi connectivity index (χ4n) is 1.06. The van der Waals surface area contributed by atoms with E-state index >= 15 is 0 Å². The number of carbonyl (C=O) groups excluding carboxylic acids is 1. The first-order chi connectivity index (χ1) is 5.05. The quantitative estimate of drug-likeness (QED) is 0.550. The van der Waals surface area contributed by atoms with Crippen molar-refractivity contribution in [3.05, 3.63) is 11.6 Å². The molecule has 3 nitrogen and oxygen atoms in total. The molecule has 58 valence electrons. The minimum Gasteiger partial charge on any atom is -0.389 e. The lowest BCUT2D eigenvalue weighted by Gasteiger charge is -2.23. The predicted octanol–water partition coefficient (Wildman–Crippen LogP) is 0.550. The molecule has 0 unspecified atom stereocenters. The number of hydrogen-bond donors (Lipinski definition) is 1. The van der Waals surface area contributed by atoms with Crippen molar-refractivity contribution in [3.63, 3.8) is 0 Å². The van der Waals surface area contributed by atoms with Crippen molar-refractivity contribution < 1.29 is 9.90 Å². The molecule has 0 amide bonds. The van der Waals surface area contributed by atoms with Gasteiger partial charge in [-0.25, -0.2) is 0 Å². The molecular formula is C8H9NO2. The largest absolute Gasteiger partial charge is 0.389 e. The average molecular weight is 151 g/mol. The van der Waals surface area contributed by atoms with Crippen molar-refractivity contribution in [3.8, 4) is 6.07 Å². The maximum absolute atomic E-state index is 11.0. The molecule has 0 aromatic carbocycles. The highest BCUT2D eigenvalue weighted by atomic mass is 16.3. The maximum Gasteiger partial charge on any atom is 0.175 e. The van der Waals surface area contributed by atoms with Gasteiger partial charge in [-0.05, 0) is 13.3 Å². The van der Waals surface area contributed by atoms with Gasteiger partial charge in [0.25, 0.3) is 0 Å². The van der Waals surface area contributed by atoms with Crippen LogP contribution >= 0.6 is 0 Å². The van der Waals surface area contributed by atoms with E-state index in [1.165, 1.54) is 6.08 Å². The summed E-state index contributed by atoms with van der Waals surface area (Å²) in [4.78, 5) is 11.0. The Bertz CT molecular complexity index is 258. The van der Waals surface area contributed by atoms with Crippen LogP contribution in [0.3, 0.4) is 0 Å². The molecule has 1 aliphatic rings. The van der Waals surface area contributed by atoms with Gasteiger partial charge in [0.1, 0.15) is 6.07 Å². The Morgan fingerprint density at radius 1 is 1.82 bits per heavy atom. The van der Waals surface area contributed by atoms with Crippen molar-refractivity contribution in [1.29, 1.82) is 5.26 Å². The third-order valence-electron chi connectivity index (χ3n) is 1.71. The molecule has 0 bridgehead atoms. The van der Waals surface area contributed by atoms with Crippen LogP contribution < -0.4 is 0 Å². The van der Waals surface area contributed by atoms with Crippen molar-refractivity contribution in [2.75, 3.05) is 0 Å². The standard InChI is InChI=1S/C8H9NO2/c1-8(11)3-2-6(5-9)7(10)4-8/h2,11H,3-4H2,1H3/t8-/m0/s1. The van der Waals surface area contributed by atoms with Crippen molar-refractivity contribution in [2.45, 2.75) is 25.4 Å². The number of rotatable bonds is 0. The SMILES string of the molecule is C[C@]1(O)CC=C(C#N)C(=O)C1. The first kappa shape index (κ1) is 7.96. The lowest BCUT2D eigenvalue weighted by atomic mass is 9.87. The molecule has 11 heavy (non-hydrogen) atoms. The van der Waals surface area contributed by atoms with Gasteiger partial charge >= 0.3 is 0 Å². The summed E-state index contributed by atoms with van der Waals surface area (Å²) in [5, 5.41) is 17.8. The zero-order chi connectivity index (χ0) is 8.48. The number of nitriles is 1. The molecule has 0 spiro atoms. The highest BCUT2D eigenvalue weighted by molar-refractivity contribution is 6.00. The highest BCUT2D eigenvalue weighted by Crippen LogP contribution is 2.23. The van der Waals surface area contributed by atoms with Gasteiger partial charge in [0, 0.05) is 6.42 Å². The lowest BCUT2D eigenvalue weighted by molar-refractivity contribution is -0.120. The highest BCUT2D eigenvalue weighted by Gasteiger charge is 2.29. The summed E-state index contributed by atoms with van der Waals surface area (Å²) in [6.07, 6.45) is 1.94. The van der Waals surface area contributed by atoms with Gasteiger partial charge in [-0.3, -0.25) is 4.79 Å². The van der Waals surface area contributed by atoms with E-state index in [4.69, 9.17) is 5.26 Å². The molecule has 0 aliphatic heterocycles. The minimum atomic E-state index is -0.947. The fourth-order valence-corrected chi connectivity index (χ4v) is 1.06. The summed E-state index contributed by atoms with van der Waals surface area (Å²) in [5.41, 5.74) is -0.770. The number of nitrogens with zero attached hydrogens (tertiary/aromatic N) is 1. The van der Waals surface area contributed by atoms with E-state index in [2.05, 4.69) is 0 Å². The van der Waals surface area contributed by atoms with Crippen molar-refractivity contribution in [1.82, 2.24) is 0 Å². The normalized spacial score (nSPS) is 31.0.